The number of nitrogens with zero attached hydrogens (tertiary/aromatic N) is 2. The Balaban J connectivity index is 1.58. The van der Waals surface area contributed by atoms with Gasteiger partial charge >= 0.3 is 0 Å². The fourth-order valence-corrected chi connectivity index (χ4v) is 7.95. The molecule has 1 aliphatic carbocycles. The van der Waals surface area contributed by atoms with Crippen LogP contribution in [0.1, 0.15) is 48.8 Å². The smallest absolute Gasteiger partial charge is 0.264 e. The molecule has 1 aliphatic rings. The number of carbonyl (C=O) groups excluding carboxylic acids is 2. The van der Waals surface area contributed by atoms with E-state index in [-0.39, 0.29) is 29.8 Å². The third kappa shape index (κ3) is 8.91. The number of benzene rings is 4. The van der Waals surface area contributed by atoms with Crippen molar-refractivity contribution in [2.24, 2.45) is 0 Å². The molecule has 252 valence electrons. The van der Waals surface area contributed by atoms with Gasteiger partial charge in [0.1, 0.15) is 12.6 Å². The average Bonchev–Trinajstić information content (AvgIpc) is 3.08. The van der Waals surface area contributed by atoms with Gasteiger partial charge in [0.2, 0.25) is 11.8 Å². The zero-order chi connectivity index (χ0) is 34.3. The van der Waals surface area contributed by atoms with Gasteiger partial charge in [0.05, 0.1) is 20.6 Å². The molecule has 0 aromatic heterocycles. The van der Waals surface area contributed by atoms with Crippen molar-refractivity contribution in [3.05, 3.63) is 129 Å². The Kier molecular flexibility index (Phi) is 12.1. The zero-order valence-electron chi connectivity index (χ0n) is 26.6. The number of halogens is 3. The third-order valence-corrected chi connectivity index (χ3v) is 11.4. The van der Waals surface area contributed by atoms with E-state index >= 15 is 0 Å². The van der Waals surface area contributed by atoms with E-state index in [1.165, 1.54) is 29.2 Å². The van der Waals surface area contributed by atoms with Gasteiger partial charge in [-0.25, -0.2) is 8.42 Å². The summed E-state index contributed by atoms with van der Waals surface area (Å²) in [5.41, 5.74) is 2.51. The van der Waals surface area contributed by atoms with Gasteiger partial charge in [0, 0.05) is 24.0 Å². The number of hydrogen-bond acceptors (Lipinski definition) is 4. The molecule has 0 heterocycles. The second kappa shape index (κ2) is 16.2. The van der Waals surface area contributed by atoms with E-state index in [0.29, 0.717) is 31.9 Å². The van der Waals surface area contributed by atoms with Crippen molar-refractivity contribution in [2.45, 2.75) is 69.0 Å². The van der Waals surface area contributed by atoms with E-state index in [1.807, 2.05) is 30.3 Å². The Bertz CT molecular complexity index is 1830. The zero-order valence-corrected chi connectivity index (χ0v) is 29.7. The number of carbonyl (C=O) groups is 2. The Morgan fingerprint density at radius 2 is 1.48 bits per heavy atom. The fourth-order valence-electron chi connectivity index (χ4n) is 6.02. The Hall–Kier alpha value is -3.56. The van der Waals surface area contributed by atoms with Crippen LogP contribution in [0.4, 0.5) is 5.69 Å². The summed E-state index contributed by atoms with van der Waals surface area (Å²) in [4.78, 5) is 30.4. The van der Waals surface area contributed by atoms with Crippen molar-refractivity contribution in [2.75, 3.05) is 10.8 Å². The Morgan fingerprint density at radius 1 is 0.812 bits per heavy atom. The average molecular weight is 727 g/mol. The standard InChI is InChI=1S/C37H38Cl3N3O4S/c1-26-10-8-9-15-34(26)43(48(46,47)31-19-17-29(38)18-20-31)25-36(44)42(24-28-16-21-32(39)33(40)22-28)35(23-27-11-4-2-5-12-27)37(45)41-30-13-6-3-7-14-30/h2,4-5,8-12,15-22,30,35H,3,6-7,13-14,23-25H2,1H3,(H,41,45)/t35-/m0/s1. The quantitative estimate of drug-likeness (QED) is 0.159. The minimum absolute atomic E-state index is 0.000186. The monoisotopic (exact) mass is 725 g/mol. The highest BCUT2D eigenvalue weighted by atomic mass is 35.5. The first-order valence-corrected chi connectivity index (χ1v) is 18.5. The molecule has 0 saturated heterocycles. The molecular weight excluding hydrogens is 689 g/mol. The van der Waals surface area contributed by atoms with Crippen LogP contribution in [0.25, 0.3) is 0 Å². The van der Waals surface area contributed by atoms with Crippen LogP contribution >= 0.6 is 34.8 Å². The summed E-state index contributed by atoms with van der Waals surface area (Å²) in [7, 11) is -4.25. The predicted octanol–water partition coefficient (Wildman–Crippen LogP) is 8.24. The van der Waals surface area contributed by atoms with Crippen molar-refractivity contribution < 1.29 is 18.0 Å². The lowest BCUT2D eigenvalue weighted by Crippen LogP contribution is -2.55. The van der Waals surface area contributed by atoms with E-state index in [1.54, 1.807) is 49.4 Å². The van der Waals surface area contributed by atoms with Crippen LogP contribution in [-0.4, -0.2) is 43.8 Å². The first-order valence-electron chi connectivity index (χ1n) is 15.9. The van der Waals surface area contributed by atoms with E-state index in [2.05, 4.69) is 5.32 Å². The van der Waals surface area contributed by atoms with Crippen molar-refractivity contribution in [1.82, 2.24) is 10.2 Å². The maximum Gasteiger partial charge on any atom is 0.264 e. The Morgan fingerprint density at radius 3 is 2.15 bits per heavy atom. The molecule has 1 saturated carbocycles. The number of amides is 2. The molecule has 0 radical (unpaired) electrons. The Labute approximate surface area is 297 Å². The van der Waals surface area contributed by atoms with E-state index in [4.69, 9.17) is 34.8 Å². The van der Waals surface area contributed by atoms with Crippen LogP contribution in [0.3, 0.4) is 0 Å². The highest BCUT2D eigenvalue weighted by Gasteiger charge is 2.36. The van der Waals surface area contributed by atoms with Crippen LogP contribution < -0.4 is 9.62 Å². The van der Waals surface area contributed by atoms with Gasteiger partial charge in [-0.15, -0.1) is 0 Å². The summed E-state index contributed by atoms with van der Waals surface area (Å²) in [6, 6.07) is 26.4. The van der Waals surface area contributed by atoms with Crippen molar-refractivity contribution >= 4 is 62.3 Å². The SMILES string of the molecule is Cc1ccccc1N(CC(=O)N(Cc1ccc(Cl)c(Cl)c1)[C@@H](Cc1ccccc1)C(=O)NC1CCCCC1)S(=O)(=O)c1ccc(Cl)cc1. The van der Waals surface area contributed by atoms with E-state index < -0.39 is 28.5 Å². The summed E-state index contributed by atoms with van der Waals surface area (Å²) in [6.45, 7) is 1.22. The molecule has 1 N–H and O–H groups in total. The molecule has 4 aromatic rings. The fraction of sp³-hybridized carbons (Fsp3) is 0.297. The van der Waals surface area contributed by atoms with Crippen LogP contribution in [0.5, 0.6) is 0 Å². The summed E-state index contributed by atoms with van der Waals surface area (Å²) in [5.74, 6) is -0.844. The minimum Gasteiger partial charge on any atom is -0.352 e. The minimum atomic E-state index is -4.25. The first kappa shape index (κ1) is 35.7. The van der Waals surface area contributed by atoms with Crippen LogP contribution in [0.15, 0.2) is 102 Å². The lowest BCUT2D eigenvalue weighted by molar-refractivity contribution is -0.140. The molecule has 0 unspecified atom stereocenters. The molecule has 5 rings (SSSR count). The number of hydrogen-bond donors (Lipinski definition) is 1. The molecule has 2 amide bonds. The number of anilines is 1. The summed E-state index contributed by atoms with van der Waals surface area (Å²) in [6.07, 6.45) is 5.12. The second-order valence-electron chi connectivity index (χ2n) is 12.1. The normalized spacial score (nSPS) is 14.2. The molecule has 0 spiro atoms. The van der Waals surface area contributed by atoms with E-state index in [9.17, 15) is 18.0 Å². The summed E-state index contributed by atoms with van der Waals surface area (Å²) in [5, 5.41) is 4.26. The largest absolute Gasteiger partial charge is 0.352 e. The third-order valence-electron chi connectivity index (χ3n) is 8.62. The number of sulfonamides is 1. The number of rotatable bonds is 12. The van der Waals surface area contributed by atoms with Gasteiger partial charge in [0.15, 0.2) is 0 Å². The lowest BCUT2D eigenvalue weighted by Gasteiger charge is -2.35. The van der Waals surface area contributed by atoms with E-state index in [0.717, 1.165) is 42.0 Å². The highest BCUT2D eigenvalue weighted by Crippen LogP contribution is 2.29. The number of para-hydroxylation sites is 1. The second-order valence-corrected chi connectivity index (χ2v) is 15.2. The lowest BCUT2D eigenvalue weighted by atomic mass is 9.94. The van der Waals surface area contributed by atoms with Gasteiger partial charge in [-0.3, -0.25) is 13.9 Å². The van der Waals surface area contributed by atoms with Gasteiger partial charge in [-0.2, -0.15) is 0 Å². The summed E-state index contributed by atoms with van der Waals surface area (Å²) >= 11 is 18.7. The molecule has 0 aliphatic heterocycles. The molecule has 48 heavy (non-hydrogen) atoms. The molecular formula is C37H38Cl3N3O4S. The molecule has 0 bridgehead atoms. The van der Waals surface area contributed by atoms with Crippen molar-refractivity contribution in [1.29, 1.82) is 0 Å². The molecule has 11 heteroatoms. The van der Waals surface area contributed by atoms with Gasteiger partial charge in [0.25, 0.3) is 10.0 Å². The predicted molar refractivity (Wildman–Crippen MR) is 193 cm³/mol. The number of aryl methyl sites for hydroxylation is 1. The van der Waals surface area contributed by atoms with Crippen LogP contribution in [-0.2, 0) is 32.6 Å². The van der Waals surface area contributed by atoms with Gasteiger partial charge < -0.3 is 10.2 Å². The topological polar surface area (TPSA) is 86.8 Å². The summed E-state index contributed by atoms with van der Waals surface area (Å²) < 4.78 is 29.6. The first-order chi connectivity index (χ1) is 23.0. The van der Waals surface area contributed by atoms with Crippen molar-refractivity contribution in [3.8, 4) is 0 Å². The maximum absolute atomic E-state index is 14.7. The highest BCUT2D eigenvalue weighted by molar-refractivity contribution is 7.92. The molecule has 1 fully saturated rings. The van der Waals surface area contributed by atoms with Crippen LogP contribution in [0.2, 0.25) is 15.1 Å². The molecule has 1 atom stereocenters. The van der Waals surface area contributed by atoms with Crippen LogP contribution in [0, 0.1) is 6.92 Å². The number of nitrogens with one attached hydrogen (secondary N) is 1. The molecule has 4 aromatic carbocycles. The maximum atomic E-state index is 14.7. The molecule has 7 nitrogen and oxygen atoms in total. The van der Waals surface area contributed by atoms with Gasteiger partial charge in [-0.1, -0.05) is 109 Å². The van der Waals surface area contributed by atoms with Crippen molar-refractivity contribution in [3.63, 3.8) is 0 Å². The van der Waals surface area contributed by atoms with Gasteiger partial charge in [-0.05, 0) is 78.9 Å².